The van der Waals surface area contributed by atoms with Crippen molar-refractivity contribution in [2.75, 3.05) is 25.5 Å². The van der Waals surface area contributed by atoms with Crippen LogP contribution in [0.1, 0.15) is 18.4 Å². The summed E-state index contributed by atoms with van der Waals surface area (Å²) in [6.07, 6.45) is 0.762. The van der Waals surface area contributed by atoms with Gasteiger partial charge in [0.1, 0.15) is 11.4 Å². The minimum Gasteiger partial charge on any atom is -0.507 e. The molecule has 2 N–H and O–H groups in total. The van der Waals surface area contributed by atoms with E-state index in [1.807, 2.05) is 0 Å². The standard InChI is InChI=1S/C20H20F3N5O/c1-28-8-2-3-13(11-28)25-19-14-6-7-24-10-16(14)18(26-27-19)15-5-4-12(9-17(15)29)20(21,22)23/h4-7,9-10,13,29H,2-3,8,11H2,1H3,(H,25,27). The van der Waals surface area contributed by atoms with E-state index in [1.54, 1.807) is 18.5 Å². The monoisotopic (exact) mass is 403 g/mol. The van der Waals surface area contributed by atoms with Crippen LogP contribution in [-0.4, -0.2) is 51.4 Å². The Hall–Kier alpha value is -2.94. The van der Waals surface area contributed by atoms with Gasteiger partial charge in [0.25, 0.3) is 0 Å². The Balaban J connectivity index is 1.74. The number of likely N-dealkylation sites (tertiary alicyclic amines) is 1. The third-order valence-electron chi connectivity index (χ3n) is 5.13. The number of anilines is 1. The van der Waals surface area contributed by atoms with Gasteiger partial charge in [0.2, 0.25) is 0 Å². The number of likely N-dealkylation sites (N-methyl/N-ethyl adjacent to an activating group) is 1. The quantitative estimate of drug-likeness (QED) is 0.691. The van der Waals surface area contributed by atoms with Crippen molar-refractivity contribution in [3.8, 4) is 17.0 Å². The van der Waals surface area contributed by atoms with E-state index in [2.05, 4.69) is 32.4 Å². The van der Waals surface area contributed by atoms with Gasteiger partial charge in [0, 0.05) is 41.3 Å². The van der Waals surface area contributed by atoms with Crippen LogP contribution in [0, 0.1) is 0 Å². The summed E-state index contributed by atoms with van der Waals surface area (Å²) < 4.78 is 38.7. The molecule has 4 rings (SSSR count). The number of pyridine rings is 1. The Bertz CT molecular complexity index is 1040. The maximum Gasteiger partial charge on any atom is 0.416 e. The maximum atomic E-state index is 12.9. The predicted molar refractivity (Wildman–Crippen MR) is 104 cm³/mol. The lowest BCUT2D eigenvalue weighted by Gasteiger charge is -2.30. The highest BCUT2D eigenvalue weighted by molar-refractivity contribution is 6.00. The number of phenolic OH excluding ortho intramolecular Hbond substituents is 1. The number of nitrogens with zero attached hydrogens (tertiary/aromatic N) is 4. The zero-order valence-corrected chi connectivity index (χ0v) is 15.7. The first-order valence-electron chi connectivity index (χ1n) is 9.29. The molecule has 1 aromatic carbocycles. The summed E-state index contributed by atoms with van der Waals surface area (Å²) in [5.74, 6) is 0.0896. The Labute approximate surface area is 165 Å². The number of halogens is 3. The molecular weight excluding hydrogens is 383 g/mol. The van der Waals surface area contributed by atoms with Crippen molar-refractivity contribution in [3.63, 3.8) is 0 Å². The highest BCUT2D eigenvalue weighted by atomic mass is 19.4. The number of piperidine rings is 1. The number of fused-ring (bicyclic) bond motifs is 1. The van der Waals surface area contributed by atoms with E-state index in [0.717, 1.165) is 37.4 Å². The smallest absolute Gasteiger partial charge is 0.416 e. The van der Waals surface area contributed by atoms with Crippen molar-refractivity contribution >= 4 is 16.6 Å². The number of aromatic nitrogens is 3. The van der Waals surface area contributed by atoms with Gasteiger partial charge in [-0.25, -0.2) is 0 Å². The maximum absolute atomic E-state index is 12.9. The number of benzene rings is 1. The molecule has 3 heterocycles. The van der Waals surface area contributed by atoms with Crippen LogP contribution >= 0.6 is 0 Å². The normalized spacial score (nSPS) is 18.1. The minimum atomic E-state index is -4.54. The number of hydrogen-bond acceptors (Lipinski definition) is 6. The van der Waals surface area contributed by atoms with Crippen LogP contribution in [0.3, 0.4) is 0 Å². The molecule has 2 aromatic heterocycles. The molecule has 0 radical (unpaired) electrons. The lowest BCUT2D eigenvalue weighted by molar-refractivity contribution is -0.137. The molecule has 0 bridgehead atoms. The molecule has 0 aliphatic carbocycles. The number of alkyl halides is 3. The highest BCUT2D eigenvalue weighted by Crippen LogP contribution is 2.38. The molecule has 1 atom stereocenters. The lowest BCUT2D eigenvalue weighted by Crippen LogP contribution is -2.40. The molecule has 9 heteroatoms. The van der Waals surface area contributed by atoms with Crippen molar-refractivity contribution < 1.29 is 18.3 Å². The molecule has 0 spiro atoms. The number of hydrogen-bond donors (Lipinski definition) is 2. The first-order valence-corrected chi connectivity index (χ1v) is 9.29. The van der Waals surface area contributed by atoms with E-state index >= 15 is 0 Å². The summed E-state index contributed by atoms with van der Waals surface area (Å²) >= 11 is 0. The van der Waals surface area contributed by atoms with Crippen molar-refractivity contribution in [3.05, 3.63) is 42.2 Å². The number of phenols is 1. The molecule has 1 saturated heterocycles. The topological polar surface area (TPSA) is 74.2 Å². The van der Waals surface area contributed by atoms with Crippen LogP contribution in [0.2, 0.25) is 0 Å². The van der Waals surface area contributed by atoms with Gasteiger partial charge >= 0.3 is 6.18 Å². The van der Waals surface area contributed by atoms with Crippen LogP contribution in [-0.2, 0) is 6.18 Å². The molecule has 29 heavy (non-hydrogen) atoms. The first-order chi connectivity index (χ1) is 13.8. The third-order valence-corrected chi connectivity index (χ3v) is 5.13. The summed E-state index contributed by atoms with van der Waals surface area (Å²) in [6.45, 7) is 1.94. The first kappa shape index (κ1) is 19.4. The number of nitrogens with one attached hydrogen (secondary N) is 1. The second-order valence-electron chi connectivity index (χ2n) is 7.29. The van der Waals surface area contributed by atoms with Crippen molar-refractivity contribution in [2.24, 2.45) is 0 Å². The Morgan fingerprint density at radius 1 is 1.17 bits per heavy atom. The van der Waals surface area contributed by atoms with Gasteiger partial charge in [-0.2, -0.15) is 13.2 Å². The fourth-order valence-electron chi connectivity index (χ4n) is 3.69. The van der Waals surface area contributed by atoms with Gasteiger partial charge in [-0.05, 0) is 50.7 Å². The zero-order valence-electron chi connectivity index (χ0n) is 15.7. The van der Waals surface area contributed by atoms with Crippen LogP contribution in [0.15, 0.2) is 36.7 Å². The summed E-state index contributed by atoms with van der Waals surface area (Å²) in [5.41, 5.74) is -0.466. The molecule has 1 aliphatic rings. The van der Waals surface area contributed by atoms with E-state index in [1.165, 1.54) is 6.07 Å². The highest BCUT2D eigenvalue weighted by Gasteiger charge is 2.31. The van der Waals surface area contributed by atoms with Crippen LogP contribution in [0.25, 0.3) is 22.0 Å². The summed E-state index contributed by atoms with van der Waals surface area (Å²) in [5, 5.41) is 23.5. The van der Waals surface area contributed by atoms with E-state index < -0.39 is 17.5 Å². The molecule has 152 valence electrons. The molecule has 3 aromatic rings. The largest absolute Gasteiger partial charge is 0.507 e. The summed E-state index contributed by atoms with van der Waals surface area (Å²) in [6, 6.07) is 4.83. The molecule has 1 aliphatic heterocycles. The fourth-order valence-corrected chi connectivity index (χ4v) is 3.69. The van der Waals surface area contributed by atoms with Gasteiger partial charge in [-0.1, -0.05) is 0 Å². The third kappa shape index (κ3) is 3.95. The fraction of sp³-hybridized carbons (Fsp3) is 0.350. The van der Waals surface area contributed by atoms with Gasteiger partial charge in [-0.3, -0.25) is 4.98 Å². The molecule has 0 amide bonds. The van der Waals surface area contributed by atoms with E-state index in [-0.39, 0.29) is 17.3 Å². The molecule has 1 fully saturated rings. The SMILES string of the molecule is CN1CCCC(Nc2nnc(-c3ccc(C(F)(F)F)cc3O)c3cnccc23)C1. The molecule has 1 unspecified atom stereocenters. The van der Waals surface area contributed by atoms with Gasteiger partial charge in [0.05, 0.1) is 5.56 Å². The number of rotatable bonds is 3. The Morgan fingerprint density at radius 2 is 2.00 bits per heavy atom. The summed E-state index contributed by atoms with van der Waals surface area (Å²) in [4.78, 5) is 6.36. The molecule has 0 saturated carbocycles. The Morgan fingerprint density at radius 3 is 2.72 bits per heavy atom. The van der Waals surface area contributed by atoms with Crippen molar-refractivity contribution in [1.82, 2.24) is 20.1 Å². The van der Waals surface area contributed by atoms with Crippen molar-refractivity contribution in [2.45, 2.75) is 25.1 Å². The van der Waals surface area contributed by atoms with Crippen LogP contribution < -0.4 is 5.32 Å². The van der Waals surface area contributed by atoms with Crippen LogP contribution in [0.4, 0.5) is 19.0 Å². The van der Waals surface area contributed by atoms with E-state index in [0.29, 0.717) is 17.3 Å². The molecule has 6 nitrogen and oxygen atoms in total. The summed E-state index contributed by atoms with van der Waals surface area (Å²) in [7, 11) is 2.07. The van der Waals surface area contributed by atoms with Gasteiger partial charge in [0.15, 0.2) is 5.82 Å². The van der Waals surface area contributed by atoms with E-state index in [9.17, 15) is 18.3 Å². The average molecular weight is 403 g/mol. The predicted octanol–water partition coefficient (Wildman–Crippen LogP) is 3.92. The minimum absolute atomic E-state index is 0.174. The Kier molecular flexibility index (Phi) is 4.99. The second-order valence-corrected chi connectivity index (χ2v) is 7.29. The zero-order chi connectivity index (χ0) is 20.6. The van der Waals surface area contributed by atoms with Crippen molar-refractivity contribution in [1.29, 1.82) is 0 Å². The van der Waals surface area contributed by atoms with Crippen LogP contribution in [0.5, 0.6) is 5.75 Å². The van der Waals surface area contributed by atoms with Gasteiger partial charge in [-0.15, -0.1) is 10.2 Å². The second kappa shape index (κ2) is 7.47. The average Bonchev–Trinajstić information content (AvgIpc) is 2.68. The number of aromatic hydroxyl groups is 1. The molecular formula is C20H20F3N5O. The van der Waals surface area contributed by atoms with Gasteiger partial charge < -0.3 is 15.3 Å². The van der Waals surface area contributed by atoms with E-state index in [4.69, 9.17) is 0 Å². The lowest BCUT2D eigenvalue weighted by atomic mass is 10.0.